The number of carbonyl (C=O) groups is 3. The fourth-order valence-corrected chi connectivity index (χ4v) is 6.42. The minimum atomic E-state index is -1.17. The number of allylic oxidation sites excluding steroid dienone is 3. The van der Waals surface area contributed by atoms with Crippen LogP contribution in [0.1, 0.15) is 74.1 Å². The fraction of sp³-hybridized carbons (Fsp3) is 0.690. The first-order valence-electron chi connectivity index (χ1n) is 13.1. The molecule has 1 saturated carbocycles. The van der Waals surface area contributed by atoms with Gasteiger partial charge in [-0.3, -0.25) is 19.1 Å². The van der Waals surface area contributed by atoms with Gasteiger partial charge in [-0.2, -0.15) is 0 Å². The third kappa shape index (κ3) is 5.55. The van der Waals surface area contributed by atoms with Crippen LogP contribution < -0.4 is 0 Å². The first-order valence-corrected chi connectivity index (χ1v) is 13.1. The molecule has 0 aromatic carbocycles. The van der Waals surface area contributed by atoms with E-state index in [1.54, 1.807) is 12.2 Å². The Morgan fingerprint density at radius 1 is 1.16 bits per heavy atom. The Labute approximate surface area is 220 Å². The van der Waals surface area contributed by atoms with Crippen LogP contribution in [0.25, 0.3) is 0 Å². The van der Waals surface area contributed by atoms with Gasteiger partial charge in [0.15, 0.2) is 0 Å². The molecule has 8 atom stereocenters. The third-order valence-corrected chi connectivity index (χ3v) is 8.44. The van der Waals surface area contributed by atoms with E-state index in [1.807, 2.05) is 20.8 Å². The van der Waals surface area contributed by atoms with Crippen molar-refractivity contribution in [2.45, 2.75) is 98.9 Å². The molecule has 8 heteroatoms. The van der Waals surface area contributed by atoms with Gasteiger partial charge in [0, 0.05) is 25.8 Å². The van der Waals surface area contributed by atoms with Gasteiger partial charge in [-0.05, 0) is 55.4 Å². The average molecular weight is 519 g/mol. The molecule has 206 valence electrons. The highest BCUT2D eigenvalue weighted by atomic mass is 16.8. The van der Waals surface area contributed by atoms with Crippen molar-refractivity contribution in [3.63, 3.8) is 0 Å². The Bertz CT molecular complexity index is 980. The number of hydrogen-bond donors (Lipinski definition) is 1. The molecule has 2 fully saturated rings. The van der Waals surface area contributed by atoms with Gasteiger partial charge in [-0.1, -0.05) is 52.0 Å². The monoisotopic (exact) mass is 518 g/mol. The second-order valence-electron chi connectivity index (χ2n) is 11.5. The Morgan fingerprint density at radius 3 is 2.38 bits per heavy atom. The summed E-state index contributed by atoms with van der Waals surface area (Å²) in [5, 5.41) is 11.7. The highest BCUT2D eigenvalue weighted by molar-refractivity contribution is 5.70. The van der Waals surface area contributed by atoms with Crippen LogP contribution in [0.3, 0.4) is 0 Å². The summed E-state index contributed by atoms with van der Waals surface area (Å²) in [6.07, 6.45) is 3.52. The van der Waals surface area contributed by atoms with Crippen LogP contribution in [0, 0.1) is 28.6 Å². The van der Waals surface area contributed by atoms with E-state index >= 15 is 0 Å². The van der Waals surface area contributed by atoms with Crippen molar-refractivity contribution >= 4 is 17.9 Å². The van der Waals surface area contributed by atoms with Crippen LogP contribution in [0.4, 0.5) is 0 Å². The highest BCUT2D eigenvalue weighted by Gasteiger charge is 2.71. The summed E-state index contributed by atoms with van der Waals surface area (Å²) in [4.78, 5) is 36.9. The van der Waals surface area contributed by atoms with Crippen molar-refractivity contribution in [1.29, 1.82) is 0 Å². The second kappa shape index (κ2) is 11.1. The molecular formula is C29H42O8. The SMILES string of the molecule is C=C/C(C)=C/C[C@]1(C)[C@H](C)C[C@H](O)[C@@]23C(=C[C@H](OC(=O)CC(C)C)C[C@@H]12)[C@@H](OC(C)=O)O[C@H]3OC(C)=O. The molecule has 0 bridgehead atoms. The van der Waals surface area contributed by atoms with Gasteiger partial charge in [-0.15, -0.1) is 0 Å². The molecule has 1 aliphatic heterocycles. The van der Waals surface area contributed by atoms with Gasteiger partial charge < -0.3 is 19.3 Å². The number of rotatable bonds is 8. The van der Waals surface area contributed by atoms with E-state index in [4.69, 9.17) is 18.9 Å². The Hall–Kier alpha value is -2.45. The standard InChI is InChI=1S/C29H42O8/c1-9-17(4)10-11-28(8)18(5)13-24(32)29-22(26(34-19(6)30)37-27(29)35-20(7)31)14-21(15-23(28)29)36-25(33)12-16(2)3/h9-10,14,16,18,21,23-24,26-27,32H,1,11-13,15H2,2-8H3/b17-10+/t18-,21+,23+,24+,26+,27-,28-,29-/m1/s1. The predicted octanol–water partition coefficient (Wildman–Crippen LogP) is 4.62. The molecular weight excluding hydrogens is 476 g/mol. The lowest BCUT2D eigenvalue weighted by Crippen LogP contribution is -2.63. The van der Waals surface area contributed by atoms with Gasteiger partial charge in [0.25, 0.3) is 0 Å². The quantitative estimate of drug-likeness (QED) is 0.215. The van der Waals surface area contributed by atoms with Gasteiger partial charge in [0.2, 0.25) is 12.6 Å². The summed E-state index contributed by atoms with van der Waals surface area (Å²) in [5.41, 5.74) is -0.0534. The van der Waals surface area contributed by atoms with Crippen molar-refractivity contribution in [3.05, 3.63) is 36.0 Å². The molecule has 0 radical (unpaired) electrons. The summed E-state index contributed by atoms with van der Waals surface area (Å²) < 4.78 is 23.2. The van der Waals surface area contributed by atoms with E-state index in [1.165, 1.54) is 13.8 Å². The van der Waals surface area contributed by atoms with Crippen LogP contribution in [0.2, 0.25) is 0 Å². The molecule has 3 rings (SSSR count). The Kier molecular flexibility index (Phi) is 8.75. The van der Waals surface area contributed by atoms with Crippen molar-refractivity contribution < 1.29 is 38.4 Å². The lowest BCUT2D eigenvalue weighted by Gasteiger charge is -2.60. The summed E-state index contributed by atoms with van der Waals surface area (Å²) in [5.74, 6) is -1.59. The molecule has 0 aromatic rings. The van der Waals surface area contributed by atoms with Crippen LogP contribution in [0.5, 0.6) is 0 Å². The second-order valence-corrected chi connectivity index (χ2v) is 11.5. The van der Waals surface area contributed by atoms with Gasteiger partial charge >= 0.3 is 17.9 Å². The highest BCUT2D eigenvalue weighted by Crippen LogP contribution is 2.67. The normalized spacial score (nSPS) is 37.2. The molecule has 8 nitrogen and oxygen atoms in total. The molecule has 0 unspecified atom stereocenters. The van der Waals surface area contributed by atoms with Crippen molar-refractivity contribution in [2.24, 2.45) is 28.6 Å². The van der Waals surface area contributed by atoms with Crippen LogP contribution in [-0.2, 0) is 33.3 Å². The molecule has 37 heavy (non-hydrogen) atoms. The predicted molar refractivity (Wildman–Crippen MR) is 137 cm³/mol. The Balaban J connectivity index is 2.20. The van der Waals surface area contributed by atoms with E-state index in [0.29, 0.717) is 24.8 Å². The van der Waals surface area contributed by atoms with Crippen LogP contribution in [0.15, 0.2) is 36.0 Å². The first-order chi connectivity index (χ1) is 17.2. The number of aliphatic hydroxyl groups is 1. The average Bonchev–Trinajstić information content (AvgIpc) is 3.07. The number of ether oxygens (including phenoxy) is 4. The maximum atomic E-state index is 12.7. The maximum absolute atomic E-state index is 12.7. The topological polar surface area (TPSA) is 108 Å². The third-order valence-electron chi connectivity index (χ3n) is 8.44. The number of aliphatic hydroxyl groups excluding tert-OH is 1. The number of esters is 3. The smallest absolute Gasteiger partial charge is 0.306 e. The van der Waals surface area contributed by atoms with Gasteiger partial charge in [0.05, 0.1) is 11.5 Å². The summed E-state index contributed by atoms with van der Waals surface area (Å²) in [6, 6.07) is 0. The molecule has 2 aliphatic carbocycles. The summed E-state index contributed by atoms with van der Waals surface area (Å²) >= 11 is 0. The van der Waals surface area contributed by atoms with E-state index in [2.05, 4.69) is 26.5 Å². The molecule has 1 spiro atoms. The minimum absolute atomic E-state index is 0.0732. The van der Waals surface area contributed by atoms with Crippen molar-refractivity contribution in [3.8, 4) is 0 Å². The van der Waals surface area contributed by atoms with Crippen molar-refractivity contribution in [2.75, 3.05) is 0 Å². The summed E-state index contributed by atoms with van der Waals surface area (Å²) in [7, 11) is 0. The first kappa shape index (κ1) is 29.1. The molecule has 0 aromatic heterocycles. The molecule has 1 heterocycles. The zero-order valence-corrected chi connectivity index (χ0v) is 23.1. The minimum Gasteiger partial charge on any atom is -0.458 e. The molecule has 0 amide bonds. The van der Waals surface area contributed by atoms with E-state index in [0.717, 1.165) is 5.57 Å². The van der Waals surface area contributed by atoms with Gasteiger partial charge in [0.1, 0.15) is 6.10 Å². The maximum Gasteiger partial charge on any atom is 0.306 e. The van der Waals surface area contributed by atoms with E-state index in [-0.39, 0.29) is 30.1 Å². The van der Waals surface area contributed by atoms with Crippen molar-refractivity contribution in [1.82, 2.24) is 0 Å². The zero-order chi connectivity index (χ0) is 27.7. The van der Waals surface area contributed by atoms with Gasteiger partial charge in [-0.25, -0.2) is 0 Å². The number of hydrogen-bond acceptors (Lipinski definition) is 8. The van der Waals surface area contributed by atoms with E-state index in [9.17, 15) is 19.5 Å². The fourth-order valence-electron chi connectivity index (χ4n) is 6.42. The molecule has 1 saturated heterocycles. The molecule has 1 N–H and O–H groups in total. The largest absolute Gasteiger partial charge is 0.458 e. The lowest BCUT2D eigenvalue weighted by molar-refractivity contribution is -0.254. The zero-order valence-electron chi connectivity index (χ0n) is 23.1. The van der Waals surface area contributed by atoms with E-state index < -0.39 is 47.6 Å². The lowest BCUT2D eigenvalue weighted by atomic mass is 9.45. The van der Waals surface area contributed by atoms with Crippen LogP contribution in [-0.4, -0.2) is 47.8 Å². The number of carbonyl (C=O) groups excluding carboxylic acids is 3. The Morgan fingerprint density at radius 2 is 1.81 bits per heavy atom. The summed E-state index contributed by atoms with van der Waals surface area (Å²) in [6.45, 7) is 16.5. The molecule has 3 aliphatic rings. The van der Waals surface area contributed by atoms with Crippen LogP contribution >= 0.6 is 0 Å².